The van der Waals surface area contributed by atoms with Crippen LogP contribution in [-0.4, -0.2) is 50.4 Å². The molecule has 0 spiro atoms. The van der Waals surface area contributed by atoms with E-state index < -0.39 is 34.1 Å². The van der Waals surface area contributed by atoms with Crippen LogP contribution in [0.25, 0.3) is 0 Å². The SMILES string of the molecule is COc1cccc(N(CC(=O)N(Cc2ccc(Br)cc2)[C@@H](Cc2ccccc2)C(=O)NC(C)(C)C)S(=O)(=O)c2ccccc2)c1. The van der Waals surface area contributed by atoms with E-state index >= 15 is 0 Å². The summed E-state index contributed by atoms with van der Waals surface area (Å²) in [4.78, 5) is 30.0. The number of carbonyl (C=O) groups is 2. The first kappa shape index (κ1) is 33.7. The summed E-state index contributed by atoms with van der Waals surface area (Å²) >= 11 is 3.46. The maximum absolute atomic E-state index is 14.5. The van der Waals surface area contributed by atoms with Crippen molar-refractivity contribution >= 4 is 43.5 Å². The molecule has 4 rings (SSSR count). The number of halogens is 1. The Morgan fingerprint density at radius 2 is 1.47 bits per heavy atom. The van der Waals surface area contributed by atoms with Gasteiger partial charge in [0.15, 0.2) is 0 Å². The Kier molecular flexibility index (Phi) is 11.1. The van der Waals surface area contributed by atoms with Crippen LogP contribution in [0.4, 0.5) is 5.69 Å². The second kappa shape index (κ2) is 14.8. The highest BCUT2D eigenvalue weighted by Gasteiger charge is 2.35. The standard InChI is InChI=1S/C35H38BrN3O5S/c1-35(2,3)37-34(41)32(22-26-12-7-5-8-13-26)38(24-27-18-20-28(36)21-19-27)33(40)25-39(29-14-11-15-30(23-29)44-4)45(42,43)31-16-9-6-10-17-31/h5-21,23,32H,22,24-25H2,1-4H3,(H,37,41)/t32-/m0/s1. The van der Waals surface area contributed by atoms with Crippen LogP contribution < -0.4 is 14.4 Å². The lowest BCUT2D eigenvalue weighted by Gasteiger charge is -2.35. The molecule has 0 fully saturated rings. The van der Waals surface area contributed by atoms with Crippen LogP contribution in [0, 0.1) is 0 Å². The number of methoxy groups -OCH3 is 1. The fourth-order valence-corrected chi connectivity index (χ4v) is 6.50. The van der Waals surface area contributed by atoms with E-state index in [0.29, 0.717) is 5.75 Å². The molecule has 0 saturated carbocycles. The molecule has 0 saturated heterocycles. The van der Waals surface area contributed by atoms with Crippen LogP contribution in [0.3, 0.4) is 0 Å². The molecule has 1 N–H and O–H groups in total. The van der Waals surface area contributed by atoms with Gasteiger partial charge in [0.2, 0.25) is 11.8 Å². The maximum Gasteiger partial charge on any atom is 0.264 e. The lowest BCUT2D eigenvalue weighted by atomic mass is 10.0. The number of benzene rings is 4. The van der Waals surface area contributed by atoms with E-state index in [-0.39, 0.29) is 29.5 Å². The van der Waals surface area contributed by atoms with Gasteiger partial charge in [-0.2, -0.15) is 0 Å². The Morgan fingerprint density at radius 1 is 0.844 bits per heavy atom. The number of rotatable bonds is 12. The zero-order valence-corrected chi connectivity index (χ0v) is 28.2. The van der Waals surface area contributed by atoms with E-state index in [1.54, 1.807) is 42.5 Å². The first-order valence-corrected chi connectivity index (χ1v) is 16.7. The number of sulfonamides is 1. The van der Waals surface area contributed by atoms with Crippen molar-refractivity contribution in [2.45, 2.75) is 50.2 Å². The van der Waals surface area contributed by atoms with Crippen molar-refractivity contribution in [2.24, 2.45) is 0 Å². The highest BCUT2D eigenvalue weighted by atomic mass is 79.9. The largest absolute Gasteiger partial charge is 0.497 e. The minimum Gasteiger partial charge on any atom is -0.497 e. The Hall–Kier alpha value is -4.15. The molecular weight excluding hydrogens is 654 g/mol. The van der Waals surface area contributed by atoms with E-state index in [0.717, 1.165) is 19.9 Å². The third-order valence-electron chi connectivity index (χ3n) is 6.99. The average molecular weight is 693 g/mol. The van der Waals surface area contributed by atoms with Crippen LogP contribution >= 0.6 is 15.9 Å². The second-order valence-electron chi connectivity index (χ2n) is 11.6. The van der Waals surface area contributed by atoms with Crippen LogP contribution in [0.1, 0.15) is 31.9 Å². The van der Waals surface area contributed by atoms with Gasteiger partial charge in [-0.3, -0.25) is 13.9 Å². The molecule has 1 atom stereocenters. The normalized spacial score (nSPS) is 12.2. The molecule has 0 unspecified atom stereocenters. The molecule has 0 aromatic heterocycles. The van der Waals surface area contributed by atoms with Gasteiger partial charge in [-0.05, 0) is 68.3 Å². The summed E-state index contributed by atoms with van der Waals surface area (Å²) in [5.41, 5.74) is 1.34. The monoisotopic (exact) mass is 691 g/mol. The fraction of sp³-hybridized carbons (Fsp3) is 0.257. The molecule has 45 heavy (non-hydrogen) atoms. The number of carbonyl (C=O) groups excluding carboxylic acids is 2. The molecule has 4 aromatic carbocycles. The zero-order chi connectivity index (χ0) is 32.6. The minimum absolute atomic E-state index is 0.0337. The number of amides is 2. The summed E-state index contributed by atoms with van der Waals surface area (Å²) in [7, 11) is -2.71. The van der Waals surface area contributed by atoms with E-state index in [2.05, 4.69) is 21.2 Å². The lowest BCUT2D eigenvalue weighted by molar-refractivity contribution is -0.140. The first-order valence-electron chi connectivity index (χ1n) is 14.5. The smallest absolute Gasteiger partial charge is 0.264 e. The average Bonchev–Trinajstić information content (AvgIpc) is 3.02. The molecule has 0 bridgehead atoms. The molecule has 0 aliphatic carbocycles. The third kappa shape index (κ3) is 9.18. The van der Waals surface area contributed by atoms with Crippen molar-refractivity contribution in [2.75, 3.05) is 18.0 Å². The molecule has 8 nitrogen and oxygen atoms in total. The topological polar surface area (TPSA) is 96.0 Å². The number of ether oxygens (including phenoxy) is 1. The Bertz CT molecular complexity index is 1690. The number of nitrogens with zero attached hydrogens (tertiary/aromatic N) is 2. The van der Waals surface area contributed by atoms with Gasteiger partial charge in [-0.15, -0.1) is 0 Å². The number of hydrogen-bond donors (Lipinski definition) is 1. The molecule has 0 radical (unpaired) electrons. The van der Waals surface area contributed by atoms with Crippen LogP contribution in [-0.2, 0) is 32.6 Å². The van der Waals surface area contributed by atoms with E-state index in [1.165, 1.54) is 24.1 Å². The predicted octanol–water partition coefficient (Wildman–Crippen LogP) is 6.21. The number of anilines is 1. The maximum atomic E-state index is 14.5. The van der Waals surface area contributed by atoms with Crippen LogP contribution in [0.2, 0.25) is 0 Å². The van der Waals surface area contributed by atoms with Crippen molar-refractivity contribution in [3.63, 3.8) is 0 Å². The Labute approximate surface area is 274 Å². The zero-order valence-electron chi connectivity index (χ0n) is 25.8. The quantitative estimate of drug-likeness (QED) is 0.191. The molecule has 0 heterocycles. The fourth-order valence-electron chi connectivity index (χ4n) is 4.81. The number of hydrogen-bond acceptors (Lipinski definition) is 5. The molecule has 10 heteroatoms. The summed E-state index contributed by atoms with van der Waals surface area (Å²) in [6.07, 6.45) is 0.232. The van der Waals surface area contributed by atoms with Crippen molar-refractivity contribution in [3.05, 3.63) is 125 Å². The van der Waals surface area contributed by atoms with Crippen molar-refractivity contribution in [1.29, 1.82) is 0 Å². The van der Waals surface area contributed by atoms with E-state index in [9.17, 15) is 18.0 Å². The van der Waals surface area contributed by atoms with Gasteiger partial charge >= 0.3 is 0 Å². The van der Waals surface area contributed by atoms with Gasteiger partial charge in [-0.1, -0.05) is 82.7 Å². The third-order valence-corrected chi connectivity index (χ3v) is 9.30. The van der Waals surface area contributed by atoms with Crippen LogP contribution in [0.5, 0.6) is 5.75 Å². The van der Waals surface area contributed by atoms with Gasteiger partial charge in [-0.25, -0.2) is 8.42 Å². The summed E-state index contributed by atoms with van der Waals surface area (Å²) in [6, 6.07) is 30.5. The first-order chi connectivity index (χ1) is 21.4. The molecule has 4 aromatic rings. The molecular formula is C35H38BrN3O5S. The van der Waals surface area contributed by atoms with Gasteiger partial charge in [0.25, 0.3) is 10.0 Å². The predicted molar refractivity (Wildman–Crippen MR) is 180 cm³/mol. The molecule has 236 valence electrons. The Balaban J connectivity index is 1.82. The molecule has 0 aliphatic rings. The van der Waals surface area contributed by atoms with Gasteiger partial charge in [0, 0.05) is 29.0 Å². The highest BCUT2D eigenvalue weighted by Crippen LogP contribution is 2.28. The minimum atomic E-state index is -4.20. The number of nitrogens with one attached hydrogen (secondary N) is 1. The highest BCUT2D eigenvalue weighted by molar-refractivity contribution is 9.10. The molecule has 0 aliphatic heterocycles. The van der Waals surface area contributed by atoms with Gasteiger partial charge in [0.1, 0.15) is 18.3 Å². The summed E-state index contributed by atoms with van der Waals surface area (Å²) < 4.78 is 35.5. The van der Waals surface area contributed by atoms with E-state index in [4.69, 9.17) is 4.74 Å². The van der Waals surface area contributed by atoms with Crippen molar-refractivity contribution < 1.29 is 22.7 Å². The van der Waals surface area contributed by atoms with Crippen molar-refractivity contribution in [3.8, 4) is 5.75 Å². The summed E-state index contributed by atoms with van der Waals surface area (Å²) in [6.45, 7) is 5.17. The summed E-state index contributed by atoms with van der Waals surface area (Å²) in [5, 5.41) is 3.04. The molecule has 2 amide bonds. The van der Waals surface area contributed by atoms with Gasteiger partial charge < -0.3 is 15.0 Å². The van der Waals surface area contributed by atoms with Crippen molar-refractivity contribution in [1.82, 2.24) is 10.2 Å². The Morgan fingerprint density at radius 3 is 2.07 bits per heavy atom. The van der Waals surface area contributed by atoms with Gasteiger partial charge in [0.05, 0.1) is 17.7 Å². The van der Waals surface area contributed by atoms with E-state index in [1.807, 2.05) is 75.4 Å². The second-order valence-corrected chi connectivity index (χ2v) is 14.4. The summed E-state index contributed by atoms with van der Waals surface area (Å²) in [5.74, 6) is -0.438. The van der Waals surface area contributed by atoms with Crippen LogP contribution in [0.15, 0.2) is 119 Å². The lowest BCUT2D eigenvalue weighted by Crippen LogP contribution is -2.56.